The summed E-state index contributed by atoms with van der Waals surface area (Å²) in [4.78, 5) is 0. The fraction of sp³-hybridized carbons (Fsp3) is 0.308. The molecule has 0 aliphatic rings. The van der Waals surface area contributed by atoms with Crippen LogP contribution in [0, 0.1) is 6.92 Å². The zero-order valence-corrected chi connectivity index (χ0v) is 9.81. The number of nitrogens with zero attached hydrogens (tertiary/aromatic N) is 2. The van der Waals surface area contributed by atoms with Crippen molar-refractivity contribution in [3.8, 4) is 11.4 Å². The molecular formula is C13H16N2O. The van der Waals surface area contributed by atoms with Gasteiger partial charge in [-0.3, -0.25) is 0 Å². The van der Waals surface area contributed by atoms with Gasteiger partial charge in [0.05, 0.1) is 11.9 Å². The van der Waals surface area contributed by atoms with E-state index in [9.17, 15) is 5.11 Å². The number of benzene rings is 1. The third-order valence-corrected chi connectivity index (χ3v) is 2.63. The van der Waals surface area contributed by atoms with Crippen molar-refractivity contribution < 1.29 is 5.11 Å². The molecule has 0 aliphatic heterocycles. The van der Waals surface area contributed by atoms with Crippen LogP contribution in [0.15, 0.2) is 30.5 Å². The van der Waals surface area contributed by atoms with E-state index in [2.05, 4.69) is 5.10 Å². The lowest BCUT2D eigenvalue weighted by Crippen LogP contribution is -1.99. The van der Waals surface area contributed by atoms with Crippen LogP contribution in [0.2, 0.25) is 0 Å². The van der Waals surface area contributed by atoms with E-state index in [1.807, 2.05) is 45.0 Å². The number of aromatic nitrogens is 2. The third-order valence-electron chi connectivity index (χ3n) is 2.63. The molecule has 3 nitrogen and oxygen atoms in total. The van der Waals surface area contributed by atoms with Gasteiger partial charge in [0.25, 0.3) is 0 Å². The van der Waals surface area contributed by atoms with Crippen LogP contribution < -0.4 is 0 Å². The third kappa shape index (κ3) is 1.81. The minimum atomic E-state index is 0.227. The SMILES string of the molecule is Cc1ccccc1-n1cc(O)c(C(C)C)n1. The molecular weight excluding hydrogens is 200 g/mol. The molecule has 2 aromatic rings. The maximum Gasteiger partial charge on any atom is 0.157 e. The van der Waals surface area contributed by atoms with Gasteiger partial charge in [-0.1, -0.05) is 32.0 Å². The Morgan fingerprint density at radius 2 is 1.94 bits per heavy atom. The van der Waals surface area contributed by atoms with Crippen molar-refractivity contribution >= 4 is 0 Å². The lowest BCUT2D eigenvalue weighted by molar-refractivity contribution is 0.464. The van der Waals surface area contributed by atoms with Gasteiger partial charge in [-0.15, -0.1) is 0 Å². The van der Waals surface area contributed by atoms with Gasteiger partial charge in [0, 0.05) is 5.92 Å². The second-order valence-corrected chi connectivity index (χ2v) is 4.29. The molecule has 1 aromatic carbocycles. The minimum absolute atomic E-state index is 0.227. The van der Waals surface area contributed by atoms with E-state index in [1.54, 1.807) is 10.9 Å². The van der Waals surface area contributed by atoms with Gasteiger partial charge in [0.15, 0.2) is 5.75 Å². The predicted molar refractivity (Wildman–Crippen MR) is 64.1 cm³/mol. The maximum absolute atomic E-state index is 9.77. The Morgan fingerprint density at radius 3 is 2.50 bits per heavy atom. The van der Waals surface area contributed by atoms with Crippen molar-refractivity contribution in [2.24, 2.45) is 0 Å². The largest absolute Gasteiger partial charge is 0.504 e. The molecule has 0 atom stereocenters. The number of aryl methyl sites for hydroxylation is 1. The zero-order valence-electron chi connectivity index (χ0n) is 9.81. The number of aromatic hydroxyl groups is 1. The normalized spacial score (nSPS) is 11.0. The van der Waals surface area contributed by atoms with Crippen molar-refractivity contribution in [3.63, 3.8) is 0 Å². The van der Waals surface area contributed by atoms with Crippen molar-refractivity contribution in [3.05, 3.63) is 41.7 Å². The first-order valence-electron chi connectivity index (χ1n) is 5.44. The quantitative estimate of drug-likeness (QED) is 0.838. The number of hydrogen-bond donors (Lipinski definition) is 1. The molecule has 0 spiro atoms. The Bertz CT molecular complexity index is 500. The van der Waals surface area contributed by atoms with Gasteiger partial charge >= 0.3 is 0 Å². The minimum Gasteiger partial charge on any atom is -0.504 e. The molecule has 1 aromatic heterocycles. The van der Waals surface area contributed by atoms with Crippen LogP contribution in [-0.4, -0.2) is 14.9 Å². The molecule has 16 heavy (non-hydrogen) atoms. The van der Waals surface area contributed by atoms with Crippen molar-refractivity contribution in [2.75, 3.05) is 0 Å². The van der Waals surface area contributed by atoms with Gasteiger partial charge < -0.3 is 5.11 Å². The van der Waals surface area contributed by atoms with E-state index in [1.165, 1.54) is 0 Å². The first-order chi connectivity index (χ1) is 7.59. The van der Waals surface area contributed by atoms with E-state index in [-0.39, 0.29) is 11.7 Å². The maximum atomic E-state index is 9.77. The highest BCUT2D eigenvalue weighted by molar-refractivity contribution is 5.41. The molecule has 0 unspecified atom stereocenters. The Morgan fingerprint density at radius 1 is 1.25 bits per heavy atom. The Balaban J connectivity index is 2.50. The first-order valence-corrected chi connectivity index (χ1v) is 5.44. The van der Waals surface area contributed by atoms with Crippen LogP contribution in [0.3, 0.4) is 0 Å². The van der Waals surface area contributed by atoms with Crippen LogP contribution in [0.1, 0.15) is 31.0 Å². The Labute approximate surface area is 95.3 Å². The van der Waals surface area contributed by atoms with E-state index >= 15 is 0 Å². The Kier molecular flexibility index (Phi) is 2.69. The Hall–Kier alpha value is -1.77. The van der Waals surface area contributed by atoms with Crippen LogP contribution >= 0.6 is 0 Å². The predicted octanol–water partition coefficient (Wildman–Crippen LogP) is 3.01. The second-order valence-electron chi connectivity index (χ2n) is 4.29. The zero-order chi connectivity index (χ0) is 11.7. The van der Waals surface area contributed by atoms with E-state index in [0.717, 1.165) is 16.9 Å². The smallest absolute Gasteiger partial charge is 0.157 e. The average Bonchev–Trinajstić information content (AvgIpc) is 2.61. The van der Waals surface area contributed by atoms with Crippen LogP contribution in [0.25, 0.3) is 5.69 Å². The fourth-order valence-corrected chi connectivity index (χ4v) is 1.73. The van der Waals surface area contributed by atoms with Crippen molar-refractivity contribution in [2.45, 2.75) is 26.7 Å². The van der Waals surface area contributed by atoms with Gasteiger partial charge in [0.1, 0.15) is 5.69 Å². The average molecular weight is 216 g/mol. The summed E-state index contributed by atoms with van der Waals surface area (Å²) in [6.45, 7) is 6.07. The number of hydrogen-bond acceptors (Lipinski definition) is 2. The number of para-hydroxylation sites is 1. The second kappa shape index (κ2) is 4.00. The van der Waals surface area contributed by atoms with Gasteiger partial charge in [-0.2, -0.15) is 5.10 Å². The molecule has 1 N–H and O–H groups in total. The first kappa shape index (κ1) is 10.7. The van der Waals surface area contributed by atoms with Crippen LogP contribution in [0.5, 0.6) is 5.75 Å². The molecule has 0 saturated carbocycles. The summed E-state index contributed by atoms with van der Waals surface area (Å²) in [5, 5.41) is 14.2. The highest BCUT2D eigenvalue weighted by Gasteiger charge is 2.12. The fourth-order valence-electron chi connectivity index (χ4n) is 1.73. The monoisotopic (exact) mass is 216 g/mol. The van der Waals surface area contributed by atoms with Crippen LogP contribution in [0.4, 0.5) is 0 Å². The summed E-state index contributed by atoms with van der Waals surface area (Å²) in [7, 11) is 0. The highest BCUT2D eigenvalue weighted by atomic mass is 16.3. The summed E-state index contributed by atoms with van der Waals surface area (Å²) in [5.74, 6) is 0.489. The summed E-state index contributed by atoms with van der Waals surface area (Å²) >= 11 is 0. The molecule has 0 bridgehead atoms. The number of rotatable bonds is 2. The molecule has 1 heterocycles. The van der Waals surface area contributed by atoms with Crippen molar-refractivity contribution in [1.29, 1.82) is 0 Å². The topological polar surface area (TPSA) is 38.0 Å². The highest BCUT2D eigenvalue weighted by Crippen LogP contribution is 2.25. The summed E-state index contributed by atoms with van der Waals surface area (Å²) in [6, 6.07) is 7.98. The van der Waals surface area contributed by atoms with E-state index < -0.39 is 0 Å². The summed E-state index contributed by atoms with van der Waals surface area (Å²) < 4.78 is 1.74. The summed E-state index contributed by atoms with van der Waals surface area (Å²) in [6.07, 6.45) is 1.66. The molecule has 2 rings (SSSR count). The lowest BCUT2D eigenvalue weighted by atomic mass is 10.1. The molecule has 84 valence electrons. The standard InChI is InChI=1S/C13H16N2O/c1-9(2)13-12(16)8-15(14-13)11-7-5-4-6-10(11)3/h4-9,16H,1-3H3. The van der Waals surface area contributed by atoms with E-state index in [0.29, 0.717) is 0 Å². The molecule has 0 saturated heterocycles. The van der Waals surface area contributed by atoms with Crippen LogP contribution in [-0.2, 0) is 0 Å². The van der Waals surface area contributed by atoms with E-state index in [4.69, 9.17) is 0 Å². The molecule has 0 aliphatic carbocycles. The van der Waals surface area contributed by atoms with Gasteiger partial charge in [-0.25, -0.2) is 4.68 Å². The molecule has 0 fully saturated rings. The van der Waals surface area contributed by atoms with Crippen molar-refractivity contribution in [1.82, 2.24) is 9.78 Å². The van der Waals surface area contributed by atoms with Gasteiger partial charge in [0.2, 0.25) is 0 Å². The summed E-state index contributed by atoms with van der Waals surface area (Å²) in [5.41, 5.74) is 2.88. The molecule has 0 amide bonds. The van der Waals surface area contributed by atoms with Gasteiger partial charge in [-0.05, 0) is 18.6 Å². The molecule has 3 heteroatoms. The molecule has 0 radical (unpaired) electrons. The lowest BCUT2D eigenvalue weighted by Gasteiger charge is -2.04.